The van der Waals surface area contributed by atoms with Crippen LogP contribution in [0.2, 0.25) is 0 Å². The quantitative estimate of drug-likeness (QED) is 0.875. The van der Waals surface area contributed by atoms with Crippen LogP contribution in [0.1, 0.15) is 35.7 Å². The maximum absolute atomic E-state index is 12.8. The van der Waals surface area contributed by atoms with Crippen molar-refractivity contribution in [2.24, 2.45) is 11.8 Å². The smallest absolute Gasteiger partial charge is 0.256 e. The third-order valence-electron chi connectivity index (χ3n) is 5.07. The highest BCUT2D eigenvalue weighted by atomic mass is 35.5. The van der Waals surface area contributed by atoms with E-state index in [4.69, 9.17) is 0 Å². The van der Waals surface area contributed by atoms with E-state index in [2.05, 4.69) is 10.6 Å². The molecule has 2 N–H and O–H groups in total. The van der Waals surface area contributed by atoms with Gasteiger partial charge in [0.2, 0.25) is 5.91 Å². The minimum absolute atomic E-state index is 0. The fourth-order valence-corrected chi connectivity index (χ4v) is 3.26. The number of rotatable bonds is 4. The monoisotopic (exact) mass is 351 g/mol. The van der Waals surface area contributed by atoms with Gasteiger partial charge in [-0.05, 0) is 50.4 Å². The van der Waals surface area contributed by atoms with Crippen molar-refractivity contribution in [3.63, 3.8) is 0 Å². The highest BCUT2D eigenvalue weighted by Gasteiger charge is 2.30. The third-order valence-corrected chi connectivity index (χ3v) is 5.07. The minimum atomic E-state index is -0.0495. The Balaban J connectivity index is 0.00000208. The largest absolute Gasteiger partial charge is 0.339 e. The molecule has 5 nitrogen and oxygen atoms in total. The van der Waals surface area contributed by atoms with Crippen LogP contribution in [0.5, 0.6) is 0 Å². The van der Waals surface area contributed by atoms with E-state index in [0.29, 0.717) is 17.2 Å². The molecular weight excluding hydrogens is 326 g/mol. The first kappa shape index (κ1) is 18.7. The van der Waals surface area contributed by atoms with Crippen molar-refractivity contribution in [3.05, 3.63) is 29.3 Å². The number of hydrogen-bond acceptors (Lipinski definition) is 3. The van der Waals surface area contributed by atoms with Crippen molar-refractivity contribution < 1.29 is 9.59 Å². The molecule has 0 bridgehead atoms. The molecule has 2 fully saturated rings. The summed E-state index contributed by atoms with van der Waals surface area (Å²) in [5.41, 5.74) is 2.20. The number of hydrogen-bond donors (Lipinski definition) is 2. The Bertz CT molecular complexity index is 610. The molecule has 0 radical (unpaired) electrons. The molecule has 0 saturated carbocycles. The van der Waals surface area contributed by atoms with Gasteiger partial charge in [-0.3, -0.25) is 9.59 Å². The molecule has 3 rings (SSSR count). The minimum Gasteiger partial charge on any atom is -0.339 e. The number of benzene rings is 1. The third kappa shape index (κ3) is 3.73. The number of carbonyl (C=O) groups excluding carboxylic acids is 2. The van der Waals surface area contributed by atoms with Gasteiger partial charge in [-0.25, -0.2) is 0 Å². The van der Waals surface area contributed by atoms with E-state index < -0.39 is 0 Å². The van der Waals surface area contributed by atoms with E-state index in [1.54, 1.807) is 0 Å². The van der Waals surface area contributed by atoms with Crippen LogP contribution in [0, 0.1) is 18.8 Å². The Labute approximate surface area is 149 Å². The average Bonchev–Trinajstić information content (AvgIpc) is 2.99. The molecule has 1 aromatic rings. The van der Waals surface area contributed by atoms with Crippen LogP contribution in [0.3, 0.4) is 0 Å². The maximum Gasteiger partial charge on any atom is 0.256 e. The molecule has 0 aliphatic carbocycles. The first-order valence-electron chi connectivity index (χ1n) is 8.48. The maximum atomic E-state index is 12.8. The molecule has 1 aromatic carbocycles. The second-order valence-electron chi connectivity index (χ2n) is 6.69. The molecule has 0 aromatic heterocycles. The van der Waals surface area contributed by atoms with Crippen molar-refractivity contribution in [3.8, 4) is 0 Å². The molecule has 24 heavy (non-hydrogen) atoms. The van der Waals surface area contributed by atoms with E-state index >= 15 is 0 Å². The summed E-state index contributed by atoms with van der Waals surface area (Å²) >= 11 is 0. The number of carbonyl (C=O) groups is 2. The number of amides is 2. The lowest BCUT2D eigenvalue weighted by atomic mass is 9.88. The number of likely N-dealkylation sites (tertiary alicyclic amines) is 1. The van der Waals surface area contributed by atoms with Crippen molar-refractivity contribution in [1.29, 1.82) is 0 Å². The Hall–Kier alpha value is -1.59. The zero-order valence-electron chi connectivity index (χ0n) is 14.3. The van der Waals surface area contributed by atoms with Gasteiger partial charge < -0.3 is 15.5 Å². The summed E-state index contributed by atoms with van der Waals surface area (Å²) in [7, 11) is 0. The Morgan fingerprint density at radius 3 is 2.50 bits per heavy atom. The van der Waals surface area contributed by atoms with Crippen LogP contribution in [0.4, 0.5) is 5.69 Å². The Morgan fingerprint density at radius 1 is 1.25 bits per heavy atom. The number of nitrogens with zero attached hydrogens (tertiary/aromatic N) is 1. The number of nitrogens with one attached hydrogen (secondary N) is 2. The molecule has 2 heterocycles. The van der Waals surface area contributed by atoms with Crippen molar-refractivity contribution in [2.75, 3.05) is 31.5 Å². The highest BCUT2D eigenvalue weighted by molar-refractivity contribution is 6.05. The molecule has 1 atom stereocenters. The topological polar surface area (TPSA) is 61.4 Å². The molecule has 0 spiro atoms. The second kappa shape index (κ2) is 7.99. The highest BCUT2D eigenvalue weighted by Crippen LogP contribution is 2.25. The van der Waals surface area contributed by atoms with Gasteiger partial charge in [0.1, 0.15) is 0 Å². The standard InChI is InChI=1S/C18H25N3O2.ClH/c1-12-6-5-7-15(16(12)18(23)21-8-3-4-9-21)20-17(22)13(2)14-10-19-11-14;/h5-7,13-14,19H,3-4,8-11H2,1-2H3,(H,20,22);1H. The van der Waals surface area contributed by atoms with Crippen molar-refractivity contribution in [2.45, 2.75) is 26.7 Å². The molecular formula is C18H26ClN3O2. The Kier molecular flexibility index (Phi) is 6.24. The Morgan fingerprint density at radius 2 is 1.92 bits per heavy atom. The van der Waals surface area contributed by atoms with Crippen molar-refractivity contribution in [1.82, 2.24) is 10.2 Å². The molecule has 132 valence electrons. The lowest BCUT2D eigenvalue weighted by Gasteiger charge is -2.32. The van der Waals surface area contributed by atoms with Crippen LogP contribution >= 0.6 is 12.4 Å². The van der Waals surface area contributed by atoms with Gasteiger partial charge in [0.25, 0.3) is 5.91 Å². The summed E-state index contributed by atoms with van der Waals surface area (Å²) in [5.74, 6) is 0.371. The lowest BCUT2D eigenvalue weighted by Crippen LogP contribution is -2.48. The number of aryl methyl sites for hydroxylation is 1. The summed E-state index contributed by atoms with van der Waals surface area (Å²) in [5, 5.41) is 6.19. The van der Waals surface area contributed by atoms with Gasteiger partial charge in [-0.2, -0.15) is 0 Å². The fourth-order valence-electron chi connectivity index (χ4n) is 3.26. The van der Waals surface area contributed by atoms with Gasteiger partial charge in [-0.15, -0.1) is 12.4 Å². The van der Waals surface area contributed by atoms with Crippen LogP contribution in [0.25, 0.3) is 0 Å². The van der Waals surface area contributed by atoms with E-state index in [-0.39, 0.29) is 30.1 Å². The van der Waals surface area contributed by atoms with Crippen LogP contribution in [0.15, 0.2) is 18.2 Å². The molecule has 2 saturated heterocycles. The summed E-state index contributed by atoms with van der Waals surface area (Å²) in [4.78, 5) is 27.2. The van der Waals surface area contributed by atoms with Crippen LogP contribution < -0.4 is 10.6 Å². The normalized spacial score (nSPS) is 18.5. The zero-order valence-corrected chi connectivity index (χ0v) is 15.1. The van der Waals surface area contributed by atoms with Crippen LogP contribution in [-0.2, 0) is 4.79 Å². The predicted octanol–water partition coefficient (Wildman–Crippen LogP) is 2.45. The van der Waals surface area contributed by atoms with Gasteiger partial charge in [0, 0.05) is 19.0 Å². The lowest BCUT2D eigenvalue weighted by molar-refractivity contribution is -0.121. The van der Waals surface area contributed by atoms with Gasteiger partial charge in [-0.1, -0.05) is 19.1 Å². The van der Waals surface area contributed by atoms with E-state index in [1.807, 2.05) is 36.9 Å². The summed E-state index contributed by atoms with van der Waals surface area (Å²) in [6.07, 6.45) is 2.12. The summed E-state index contributed by atoms with van der Waals surface area (Å²) in [6, 6.07) is 5.65. The predicted molar refractivity (Wildman–Crippen MR) is 97.7 cm³/mol. The van der Waals surface area contributed by atoms with Gasteiger partial charge in [0.15, 0.2) is 0 Å². The molecule has 2 aliphatic rings. The molecule has 6 heteroatoms. The summed E-state index contributed by atoms with van der Waals surface area (Å²) < 4.78 is 0. The van der Waals surface area contributed by atoms with Crippen LogP contribution in [-0.4, -0.2) is 42.9 Å². The summed E-state index contributed by atoms with van der Waals surface area (Å²) in [6.45, 7) is 7.29. The van der Waals surface area contributed by atoms with E-state index in [0.717, 1.165) is 44.6 Å². The fraction of sp³-hybridized carbons (Fsp3) is 0.556. The number of halogens is 1. The molecule has 2 amide bonds. The molecule has 2 aliphatic heterocycles. The van der Waals surface area contributed by atoms with Gasteiger partial charge in [0.05, 0.1) is 11.3 Å². The SMILES string of the molecule is Cc1cccc(NC(=O)C(C)C2CNC2)c1C(=O)N1CCCC1.Cl. The average molecular weight is 352 g/mol. The molecule has 1 unspecified atom stereocenters. The van der Waals surface area contributed by atoms with Crippen molar-refractivity contribution >= 4 is 29.9 Å². The van der Waals surface area contributed by atoms with E-state index in [9.17, 15) is 9.59 Å². The van der Waals surface area contributed by atoms with E-state index in [1.165, 1.54) is 0 Å². The van der Waals surface area contributed by atoms with Gasteiger partial charge >= 0.3 is 0 Å². The second-order valence-corrected chi connectivity index (χ2v) is 6.69. The first-order chi connectivity index (χ1) is 11.1. The number of anilines is 1. The first-order valence-corrected chi connectivity index (χ1v) is 8.48. The zero-order chi connectivity index (χ0) is 16.4.